The fourth-order valence-corrected chi connectivity index (χ4v) is 6.27. The largest absolute Gasteiger partial charge is 0.497 e. The summed E-state index contributed by atoms with van der Waals surface area (Å²) in [5, 5.41) is 0. The van der Waals surface area contributed by atoms with Gasteiger partial charge in [-0.1, -0.05) is 109 Å². The van der Waals surface area contributed by atoms with Gasteiger partial charge in [0.1, 0.15) is 30.7 Å². The lowest BCUT2D eigenvalue weighted by atomic mass is 9.97. The fourth-order valence-electron chi connectivity index (χ4n) is 6.27. The van der Waals surface area contributed by atoms with E-state index in [1.54, 1.807) is 49.6 Å². The molecule has 0 bridgehead atoms. The number of rotatable bonds is 13. The van der Waals surface area contributed by atoms with Crippen LogP contribution in [0.4, 0.5) is 0 Å². The Hall–Kier alpha value is -5.36. The molecule has 0 amide bonds. The Morgan fingerprint density at radius 1 is 0.642 bits per heavy atom. The Balaban J connectivity index is 1.16. The van der Waals surface area contributed by atoms with Gasteiger partial charge in [0.15, 0.2) is 18.7 Å². The van der Waals surface area contributed by atoms with E-state index in [2.05, 4.69) is 0 Å². The number of benzene rings is 5. The zero-order valence-corrected chi connectivity index (χ0v) is 29.2. The van der Waals surface area contributed by atoms with Crippen LogP contribution in [-0.4, -0.2) is 56.4 Å². The first-order chi connectivity index (χ1) is 26.1. The summed E-state index contributed by atoms with van der Waals surface area (Å²) in [4.78, 5) is 26.9. The SMILES string of the molecule is COc1ccc(CO[C@@H]2[C@H](OC(=O)c3ccccc3)[C@@H](OCc3ccccc3C(=O)OCc3ccccc3)O[C@@H]3CO[C@@H](c4ccccc4)O[C@@H]23)cc1. The van der Waals surface area contributed by atoms with E-state index in [1.165, 1.54) is 0 Å². The molecule has 2 aliphatic heterocycles. The lowest BCUT2D eigenvalue weighted by Crippen LogP contribution is -2.64. The van der Waals surface area contributed by atoms with Crippen LogP contribution in [0.25, 0.3) is 0 Å². The topological polar surface area (TPSA) is 108 Å². The van der Waals surface area contributed by atoms with Gasteiger partial charge in [-0.25, -0.2) is 9.59 Å². The van der Waals surface area contributed by atoms with Crippen molar-refractivity contribution in [2.45, 2.75) is 56.8 Å². The number of hydrogen-bond donors (Lipinski definition) is 0. The van der Waals surface area contributed by atoms with Crippen molar-refractivity contribution in [1.82, 2.24) is 0 Å². The summed E-state index contributed by atoms with van der Waals surface area (Å²) in [7, 11) is 1.61. The number of hydrogen-bond acceptors (Lipinski definition) is 10. The number of carbonyl (C=O) groups excluding carboxylic acids is 2. The van der Waals surface area contributed by atoms with E-state index in [1.807, 2.05) is 97.1 Å². The molecule has 0 aromatic heterocycles. The van der Waals surface area contributed by atoms with Gasteiger partial charge < -0.3 is 37.9 Å². The molecule has 2 aliphatic rings. The van der Waals surface area contributed by atoms with Crippen LogP contribution in [0.15, 0.2) is 140 Å². The summed E-state index contributed by atoms with van der Waals surface area (Å²) >= 11 is 0. The standard InChI is InChI=1S/C43H40O10/c1-46-34-23-21-30(22-24-34)25-47-38-37-36(28-50-42(53-37)32-17-9-4-10-18-32)51-43(39(38)52-40(44)31-15-7-3-8-16-31)49-27-33-19-11-12-20-35(33)41(45)48-26-29-13-5-2-6-14-29/h2-24,36-39,42-43H,25-28H2,1H3/t36-,37-,38+,39+,42-,43+/m1/s1. The molecule has 10 heteroatoms. The van der Waals surface area contributed by atoms with Gasteiger partial charge in [0.25, 0.3) is 0 Å². The highest BCUT2D eigenvalue weighted by atomic mass is 16.8. The molecule has 2 fully saturated rings. The second-order valence-electron chi connectivity index (χ2n) is 12.6. The minimum Gasteiger partial charge on any atom is -0.497 e. The number of carbonyl (C=O) groups is 2. The molecule has 0 aliphatic carbocycles. The molecule has 5 aromatic rings. The van der Waals surface area contributed by atoms with Gasteiger partial charge in [0.05, 0.1) is 38.1 Å². The molecule has 5 aromatic carbocycles. The van der Waals surface area contributed by atoms with Crippen molar-refractivity contribution in [3.05, 3.63) is 173 Å². The van der Waals surface area contributed by atoms with E-state index in [9.17, 15) is 9.59 Å². The third kappa shape index (κ3) is 9.00. The van der Waals surface area contributed by atoms with Crippen molar-refractivity contribution in [2.75, 3.05) is 13.7 Å². The molecule has 0 spiro atoms. The van der Waals surface area contributed by atoms with Gasteiger partial charge in [-0.2, -0.15) is 0 Å². The quantitative estimate of drug-likeness (QED) is 0.116. The summed E-state index contributed by atoms with van der Waals surface area (Å²) in [5.74, 6) is -0.363. The van der Waals surface area contributed by atoms with Crippen LogP contribution in [-0.2, 0) is 53.0 Å². The molecule has 0 saturated carbocycles. The summed E-state index contributed by atoms with van der Waals surface area (Å²) in [6.45, 7) is 0.393. The van der Waals surface area contributed by atoms with Gasteiger partial charge in [-0.3, -0.25) is 0 Å². The summed E-state index contributed by atoms with van der Waals surface area (Å²) in [6, 6.07) is 42.3. The van der Waals surface area contributed by atoms with Gasteiger partial charge >= 0.3 is 11.9 Å². The molecule has 2 saturated heterocycles. The predicted octanol–water partition coefficient (Wildman–Crippen LogP) is 7.22. The molecule has 53 heavy (non-hydrogen) atoms. The number of fused-ring (bicyclic) bond motifs is 1. The first-order valence-electron chi connectivity index (χ1n) is 17.4. The van der Waals surface area contributed by atoms with Gasteiger partial charge in [-0.05, 0) is 47.0 Å². The minimum atomic E-state index is -1.13. The second kappa shape index (κ2) is 17.4. The van der Waals surface area contributed by atoms with E-state index in [0.29, 0.717) is 22.4 Å². The van der Waals surface area contributed by atoms with Gasteiger partial charge in [-0.15, -0.1) is 0 Å². The molecule has 0 radical (unpaired) electrons. The van der Waals surface area contributed by atoms with Crippen LogP contribution in [0.2, 0.25) is 0 Å². The molecule has 7 rings (SSSR count). The Morgan fingerprint density at radius 3 is 2.04 bits per heavy atom. The lowest BCUT2D eigenvalue weighted by molar-refractivity contribution is -0.367. The molecular weight excluding hydrogens is 676 g/mol. The number of methoxy groups -OCH3 is 1. The van der Waals surface area contributed by atoms with E-state index >= 15 is 0 Å². The molecule has 10 nitrogen and oxygen atoms in total. The fraction of sp³-hybridized carbons (Fsp3) is 0.256. The van der Waals surface area contributed by atoms with Crippen LogP contribution < -0.4 is 4.74 Å². The minimum absolute atomic E-state index is 0.0579. The number of ether oxygens (including phenoxy) is 8. The van der Waals surface area contributed by atoms with Crippen molar-refractivity contribution in [3.8, 4) is 5.75 Å². The van der Waals surface area contributed by atoms with Gasteiger partial charge in [0.2, 0.25) is 0 Å². The van der Waals surface area contributed by atoms with Crippen LogP contribution in [0, 0.1) is 0 Å². The first kappa shape index (κ1) is 36.0. The normalized spacial score (nSPS) is 22.3. The van der Waals surface area contributed by atoms with Crippen molar-refractivity contribution in [3.63, 3.8) is 0 Å². The summed E-state index contributed by atoms with van der Waals surface area (Å²) in [6.07, 6.45) is -5.12. The zero-order valence-electron chi connectivity index (χ0n) is 29.2. The highest BCUT2D eigenvalue weighted by molar-refractivity contribution is 5.91. The number of esters is 2. The van der Waals surface area contributed by atoms with Crippen molar-refractivity contribution in [2.24, 2.45) is 0 Å². The van der Waals surface area contributed by atoms with Crippen LogP contribution in [0.5, 0.6) is 5.75 Å². The molecular formula is C43H40O10. The highest BCUT2D eigenvalue weighted by Gasteiger charge is 2.53. The average Bonchev–Trinajstić information content (AvgIpc) is 3.22. The average molecular weight is 717 g/mol. The highest BCUT2D eigenvalue weighted by Crippen LogP contribution is 2.38. The first-order valence-corrected chi connectivity index (χ1v) is 17.4. The van der Waals surface area contributed by atoms with E-state index < -0.39 is 48.9 Å². The molecule has 0 unspecified atom stereocenters. The van der Waals surface area contributed by atoms with E-state index in [-0.39, 0.29) is 26.4 Å². The molecule has 6 atom stereocenters. The smallest absolute Gasteiger partial charge is 0.338 e. The Morgan fingerprint density at radius 2 is 1.30 bits per heavy atom. The monoisotopic (exact) mass is 716 g/mol. The Labute approximate surface area is 308 Å². The van der Waals surface area contributed by atoms with E-state index in [4.69, 9.17) is 37.9 Å². The Kier molecular flexibility index (Phi) is 11.9. The maximum absolute atomic E-state index is 13.7. The Bertz CT molecular complexity index is 1920. The molecule has 2 heterocycles. The van der Waals surface area contributed by atoms with Crippen molar-refractivity contribution >= 4 is 11.9 Å². The van der Waals surface area contributed by atoms with Crippen molar-refractivity contribution < 1.29 is 47.5 Å². The third-order valence-electron chi connectivity index (χ3n) is 9.06. The third-order valence-corrected chi connectivity index (χ3v) is 9.06. The lowest BCUT2D eigenvalue weighted by Gasteiger charge is -2.48. The van der Waals surface area contributed by atoms with Crippen LogP contribution in [0.3, 0.4) is 0 Å². The van der Waals surface area contributed by atoms with Crippen LogP contribution >= 0.6 is 0 Å². The summed E-state index contributed by atoms with van der Waals surface area (Å²) in [5.41, 5.74) is 3.83. The maximum atomic E-state index is 13.7. The van der Waals surface area contributed by atoms with E-state index in [0.717, 1.165) is 16.7 Å². The molecule has 272 valence electrons. The van der Waals surface area contributed by atoms with Crippen LogP contribution in [0.1, 0.15) is 49.3 Å². The second-order valence-corrected chi connectivity index (χ2v) is 12.6. The predicted molar refractivity (Wildman–Crippen MR) is 193 cm³/mol. The molecule has 0 N–H and O–H groups in total. The zero-order chi connectivity index (χ0) is 36.4. The van der Waals surface area contributed by atoms with Gasteiger partial charge in [0, 0.05) is 5.56 Å². The summed E-state index contributed by atoms with van der Waals surface area (Å²) < 4.78 is 49.5. The van der Waals surface area contributed by atoms with Crippen molar-refractivity contribution in [1.29, 1.82) is 0 Å². The maximum Gasteiger partial charge on any atom is 0.338 e.